The van der Waals surface area contributed by atoms with E-state index >= 15 is 0 Å². The first kappa shape index (κ1) is 10.5. The van der Waals surface area contributed by atoms with Crippen LogP contribution in [0.15, 0.2) is 0 Å². The van der Waals surface area contributed by atoms with E-state index in [1.807, 2.05) is 4.90 Å². The topological polar surface area (TPSA) is 40.5 Å². The lowest BCUT2D eigenvalue weighted by Crippen LogP contribution is -2.39. The molecule has 1 aliphatic rings. The van der Waals surface area contributed by atoms with Crippen molar-refractivity contribution in [1.82, 2.24) is 4.90 Å². The number of nitrogens with zero attached hydrogens (tertiary/aromatic N) is 1. The summed E-state index contributed by atoms with van der Waals surface area (Å²) < 4.78 is 0. The summed E-state index contributed by atoms with van der Waals surface area (Å²) in [5.74, 6) is 0.153. The Morgan fingerprint density at radius 2 is 2.23 bits per heavy atom. The summed E-state index contributed by atoms with van der Waals surface area (Å²) in [6.07, 6.45) is 5.31. The molecule has 13 heavy (non-hydrogen) atoms. The van der Waals surface area contributed by atoms with Gasteiger partial charge in [0.05, 0.1) is 0 Å². The molecule has 1 atom stereocenters. The third kappa shape index (κ3) is 2.99. The van der Waals surface area contributed by atoms with Crippen molar-refractivity contribution in [3.63, 3.8) is 0 Å². The number of carbonyl (C=O) groups is 1. The van der Waals surface area contributed by atoms with Gasteiger partial charge in [0, 0.05) is 26.1 Å². The van der Waals surface area contributed by atoms with Gasteiger partial charge in [-0.15, -0.1) is 0 Å². The van der Waals surface area contributed by atoms with Crippen molar-refractivity contribution in [2.45, 2.75) is 45.1 Å². The average molecular weight is 185 g/mol. The van der Waals surface area contributed by atoms with E-state index in [0.717, 1.165) is 25.8 Å². The van der Waals surface area contributed by atoms with E-state index in [-0.39, 0.29) is 18.6 Å². The summed E-state index contributed by atoms with van der Waals surface area (Å²) in [5, 5.41) is 8.87. The van der Waals surface area contributed by atoms with Crippen LogP contribution in [0.25, 0.3) is 0 Å². The second kappa shape index (κ2) is 5.22. The highest BCUT2D eigenvalue weighted by atomic mass is 16.3. The molecule has 1 fully saturated rings. The summed E-state index contributed by atoms with van der Waals surface area (Å²) >= 11 is 0. The van der Waals surface area contributed by atoms with Crippen molar-refractivity contribution >= 4 is 5.91 Å². The zero-order valence-corrected chi connectivity index (χ0v) is 8.33. The van der Waals surface area contributed by atoms with Gasteiger partial charge in [0.25, 0.3) is 0 Å². The largest absolute Gasteiger partial charge is 0.396 e. The maximum Gasteiger partial charge on any atom is 0.219 e. The average Bonchev–Trinajstić information content (AvgIpc) is 2.30. The van der Waals surface area contributed by atoms with Crippen LogP contribution in [0, 0.1) is 0 Å². The Kier molecular flexibility index (Phi) is 4.22. The second-order valence-corrected chi connectivity index (χ2v) is 3.73. The highest BCUT2D eigenvalue weighted by molar-refractivity contribution is 5.73. The molecule has 0 radical (unpaired) electrons. The molecule has 3 heteroatoms. The predicted octanol–water partition coefficient (Wildman–Crippen LogP) is 1.16. The molecule has 0 spiro atoms. The van der Waals surface area contributed by atoms with E-state index in [0.29, 0.717) is 0 Å². The molecule has 1 unspecified atom stereocenters. The van der Waals surface area contributed by atoms with Gasteiger partial charge in [0.1, 0.15) is 0 Å². The van der Waals surface area contributed by atoms with E-state index in [4.69, 9.17) is 5.11 Å². The first-order valence-corrected chi connectivity index (χ1v) is 5.13. The molecule has 0 aliphatic carbocycles. The van der Waals surface area contributed by atoms with Crippen molar-refractivity contribution in [1.29, 1.82) is 0 Å². The lowest BCUT2D eigenvalue weighted by Gasteiger charge is -2.28. The third-order valence-corrected chi connectivity index (χ3v) is 2.74. The Bertz CT molecular complexity index is 170. The highest BCUT2D eigenvalue weighted by Crippen LogP contribution is 2.18. The molecule has 0 saturated carbocycles. The molecule has 1 N–H and O–H groups in total. The zero-order valence-electron chi connectivity index (χ0n) is 8.33. The number of rotatable bonds is 2. The molecule has 3 nitrogen and oxygen atoms in total. The lowest BCUT2D eigenvalue weighted by atomic mass is 10.1. The fraction of sp³-hybridized carbons (Fsp3) is 0.900. The Balaban J connectivity index is 2.55. The molecular formula is C10H19NO2. The first-order chi connectivity index (χ1) is 6.25. The minimum atomic E-state index is 0.153. The van der Waals surface area contributed by atoms with E-state index in [1.165, 1.54) is 12.8 Å². The normalized spacial score (nSPS) is 24.2. The summed E-state index contributed by atoms with van der Waals surface area (Å²) in [6, 6.07) is 0.282. The third-order valence-electron chi connectivity index (χ3n) is 2.74. The predicted molar refractivity (Wildman–Crippen MR) is 51.3 cm³/mol. The minimum Gasteiger partial charge on any atom is -0.396 e. The van der Waals surface area contributed by atoms with Crippen LogP contribution >= 0.6 is 0 Å². The first-order valence-electron chi connectivity index (χ1n) is 5.13. The standard InChI is InChI=1S/C10H19NO2/c1-9(13)11-7-4-2-3-5-10(11)6-8-12/h10,12H,2-8H2,1H3. The quantitative estimate of drug-likeness (QED) is 0.701. The van der Waals surface area contributed by atoms with Crippen molar-refractivity contribution in [3.8, 4) is 0 Å². The van der Waals surface area contributed by atoms with E-state index in [1.54, 1.807) is 6.92 Å². The summed E-state index contributed by atoms with van der Waals surface area (Å²) in [7, 11) is 0. The molecule has 1 saturated heterocycles. The Morgan fingerprint density at radius 3 is 2.85 bits per heavy atom. The van der Waals surface area contributed by atoms with Crippen LogP contribution in [-0.4, -0.2) is 35.1 Å². The van der Waals surface area contributed by atoms with Crippen LogP contribution in [0.3, 0.4) is 0 Å². The number of hydrogen-bond donors (Lipinski definition) is 1. The fourth-order valence-corrected chi connectivity index (χ4v) is 2.04. The Morgan fingerprint density at radius 1 is 1.46 bits per heavy atom. The maximum absolute atomic E-state index is 11.3. The smallest absolute Gasteiger partial charge is 0.219 e. The number of aliphatic hydroxyl groups excluding tert-OH is 1. The summed E-state index contributed by atoms with van der Waals surface area (Å²) in [5.41, 5.74) is 0. The molecule has 0 aromatic carbocycles. The van der Waals surface area contributed by atoms with Gasteiger partial charge in [-0.1, -0.05) is 12.8 Å². The number of amides is 1. The summed E-state index contributed by atoms with van der Waals surface area (Å²) in [4.78, 5) is 13.2. The van der Waals surface area contributed by atoms with Gasteiger partial charge < -0.3 is 10.0 Å². The molecule has 1 amide bonds. The van der Waals surface area contributed by atoms with Crippen molar-refractivity contribution < 1.29 is 9.90 Å². The minimum absolute atomic E-state index is 0.153. The van der Waals surface area contributed by atoms with Crippen LogP contribution in [0.1, 0.15) is 39.0 Å². The van der Waals surface area contributed by atoms with Gasteiger partial charge in [0.15, 0.2) is 0 Å². The van der Waals surface area contributed by atoms with Gasteiger partial charge in [-0.2, -0.15) is 0 Å². The lowest BCUT2D eigenvalue weighted by molar-refractivity contribution is -0.131. The van der Waals surface area contributed by atoms with Crippen molar-refractivity contribution in [2.24, 2.45) is 0 Å². The molecule has 0 aromatic heterocycles. The monoisotopic (exact) mass is 185 g/mol. The summed E-state index contributed by atoms with van der Waals surface area (Å²) in [6.45, 7) is 2.68. The number of carbonyl (C=O) groups excluding carboxylic acids is 1. The van der Waals surface area contributed by atoms with Gasteiger partial charge in [-0.05, 0) is 19.3 Å². The highest BCUT2D eigenvalue weighted by Gasteiger charge is 2.21. The van der Waals surface area contributed by atoms with E-state index in [9.17, 15) is 4.79 Å². The SMILES string of the molecule is CC(=O)N1CCCCCC1CCO. The Hall–Kier alpha value is -0.570. The zero-order chi connectivity index (χ0) is 9.68. The fourth-order valence-electron chi connectivity index (χ4n) is 2.04. The van der Waals surface area contributed by atoms with E-state index < -0.39 is 0 Å². The van der Waals surface area contributed by atoms with Crippen LogP contribution < -0.4 is 0 Å². The molecule has 0 aromatic rings. The molecule has 76 valence electrons. The van der Waals surface area contributed by atoms with Crippen molar-refractivity contribution in [2.75, 3.05) is 13.2 Å². The molecule has 0 bridgehead atoms. The Labute approximate surface area is 79.7 Å². The van der Waals surface area contributed by atoms with Crippen LogP contribution in [0.5, 0.6) is 0 Å². The van der Waals surface area contributed by atoms with Gasteiger partial charge in [-0.3, -0.25) is 4.79 Å². The number of aliphatic hydroxyl groups is 1. The number of likely N-dealkylation sites (tertiary alicyclic amines) is 1. The molecular weight excluding hydrogens is 166 g/mol. The maximum atomic E-state index is 11.3. The van der Waals surface area contributed by atoms with Crippen LogP contribution in [0.4, 0.5) is 0 Å². The van der Waals surface area contributed by atoms with Crippen molar-refractivity contribution in [3.05, 3.63) is 0 Å². The van der Waals surface area contributed by atoms with Crippen LogP contribution in [0.2, 0.25) is 0 Å². The van der Waals surface area contributed by atoms with Gasteiger partial charge in [-0.25, -0.2) is 0 Å². The van der Waals surface area contributed by atoms with E-state index in [2.05, 4.69) is 0 Å². The van der Waals surface area contributed by atoms with Gasteiger partial charge in [0.2, 0.25) is 5.91 Å². The van der Waals surface area contributed by atoms with Gasteiger partial charge >= 0.3 is 0 Å². The van der Waals surface area contributed by atoms with Crippen LogP contribution in [-0.2, 0) is 4.79 Å². The molecule has 1 heterocycles. The molecule has 1 rings (SSSR count). The number of hydrogen-bond acceptors (Lipinski definition) is 2. The molecule has 1 aliphatic heterocycles. The second-order valence-electron chi connectivity index (χ2n) is 3.73.